The molecule has 0 spiro atoms. The fourth-order valence-corrected chi connectivity index (χ4v) is 5.39. The molecule has 0 aromatic rings. The van der Waals surface area contributed by atoms with Crippen molar-refractivity contribution in [1.29, 1.82) is 0 Å². The molecular formula is C28H54N5O12P. The number of guanidine groups is 1. The summed E-state index contributed by atoms with van der Waals surface area (Å²) in [6.07, 6.45) is -2.71. The van der Waals surface area contributed by atoms with Gasteiger partial charge in [0, 0.05) is 0 Å². The van der Waals surface area contributed by atoms with E-state index < -0.39 is 66.7 Å². The van der Waals surface area contributed by atoms with E-state index in [2.05, 4.69) is 26.3 Å². The molecule has 46 heavy (non-hydrogen) atoms. The summed E-state index contributed by atoms with van der Waals surface area (Å²) in [7, 11) is -3.28. The molecule has 0 aromatic carbocycles. The topological polar surface area (TPSA) is 221 Å². The first kappa shape index (κ1) is 42.7. The number of nitrogens with one attached hydrogen (secondary N) is 4. The number of hydrogen-bond donors (Lipinski definition) is 5. The third-order valence-electron chi connectivity index (χ3n) is 4.98. The quantitative estimate of drug-likeness (QED) is 0.0470. The van der Waals surface area contributed by atoms with Crippen LogP contribution in [0.25, 0.3) is 0 Å². The van der Waals surface area contributed by atoms with Crippen LogP contribution in [-0.2, 0) is 37.6 Å². The van der Waals surface area contributed by atoms with Crippen molar-refractivity contribution in [3.05, 3.63) is 0 Å². The fraction of sp³-hybridized carbons (Fsp3) is 0.786. The minimum absolute atomic E-state index is 0.0220. The van der Waals surface area contributed by atoms with Gasteiger partial charge in [0.15, 0.2) is 0 Å². The Morgan fingerprint density at radius 3 is 1.74 bits per heavy atom. The Kier molecular flexibility index (Phi) is 17.4. The van der Waals surface area contributed by atoms with Crippen molar-refractivity contribution in [3.63, 3.8) is 0 Å². The molecule has 0 fully saturated rings. The van der Waals surface area contributed by atoms with E-state index in [0.29, 0.717) is 0 Å². The molecule has 0 saturated heterocycles. The zero-order chi connectivity index (χ0) is 35.9. The van der Waals surface area contributed by atoms with E-state index in [4.69, 9.17) is 28.0 Å². The van der Waals surface area contributed by atoms with Gasteiger partial charge in [0.25, 0.3) is 0 Å². The van der Waals surface area contributed by atoms with E-state index in [1.54, 1.807) is 76.2 Å². The van der Waals surface area contributed by atoms with Crippen molar-refractivity contribution >= 4 is 44.1 Å². The first-order chi connectivity index (χ1) is 20.9. The van der Waals surface area contributed by atoms with Crippen molar-refractivity contribution in [3.8, 4) is 0 Å². The number of esters is 1. The van der Waals surface area contributed by atoms with Crippen molar-refractivity contribution in [2.24, 2.45) is 4.99 Å². The van der Waals surface area contributed by atoms with Crippen LogP contribution in [-0.4, -0.2) is 96.5 Å². The number of rotatable bonds is 13. The summed E-state index contributed by atoms with van der Waals surface area (Å²) in [5.41, 5.74) is -2.58. The summed E-state index contributed by atoms with van der Waals surface area (Å²) in [4.78, 5) is 78.2. The van der Waals surface area contributed by atoms with Crippen LogP contribution in [0.4, 0.5) is 14.4 Å². The van der Waals surface area contributed by atoms with E-state index >= 15 is 0 Å². The Balaban J connectivity index is 6.02. The molecule has 0 bridgehead atoms. The molecule has 268 valence electrons. The molecule has 4 amide bonds. The molecule has 17 nitrogen and oxygen atoms in total. The monoisotopic (exact) mass is 683 g/mol. The molecule has 0 aromatic heterocycles. The average molecular weight is 684 g/mol. The van der Waals surface area contributed by atoms with Crippen LogP contribution in [0, 0.1) is 0 Å². The Bertz CT molecular complexity index is 1060. The third kappa shape index (κ3) is 18.6. The van der Waals surface area contributed by atoms with Crippen LogP contribution in [0.2, 0.25) is 0 Å². The Labute approximate surface area is 271 Å². The summed E-state index contributed by atoms with van der Waals surface area (Å²) >= 11 is 0. The van der Waals surface area contributed by atoms with Gasteiger partial charge in [-0.25, -0.2) is 0 Å². The molecule has 0 aliphatic rings. The van der Waals surface area contributed by atoms with Crippen LogP contribution >= 0.6 is 7.94 Å². The molecular weight excluding hydrogens is 629 g/mol. The summed E-state index contributed by atoms with van der Waals surface area (Å²) < 4.78 is 31.2. The van der Waals surface area contributed by atoms with Gasteiger partial charge in [-0.05, 0) is 41.5 Å². The number of alkyl carbamates (subject to hydrolysis) is 2. The van der Waals surface area contributed by atoms with E-state index in [1.165, 1.54) is 0 Å². The number of aliphatic imine (C=N–C) groups is 1. The van der Waals surface area contributed by atoms with Gasteiger partial charge in [0.1, 0.15) is 11.2 Å². The molecule has 0 aliphatic heterocycles. The maximum atomic E-state index is 13.4. The van der Waals surface area contributed by atoms with Crippen LogP contribution in [0.15, 0.2) is 4.99 Å². The van der Waals surface area contributed by atoms with Crippen molar-refractivity contribution in [1.82, 2.24) is 21.3 Å². The first-order valence-electron chi connectivity index (χ1n) is 14.9. The molecule has 0 rings (SSSR count). The number of amides is 4. The predicted molar refractivity (Wildman–Crippen MR) is 171 cm³/mol. The molecule has 2 unspecified atom stereocenters. The number of ether oxygens (including phenoxy) is 4. The third-order valence-corrected chi connectivity index (χ3v) is 7.49. The van der Waals surface area contributed by atoms with E-state index in [1.807, 2.05) is 0 Å². The molecule has 5 N–H and O–H groups in total. The van der Waals surface area contributed by atoms with Gasteiger partial charge in [0.05, 0.1) is 0 Å². The molecule has 2 atom stereocenters. The van der Waals surface area contributed by atoms with Gasteiger partial charge in [-0.2, -0.15) is 0 Å². The summed E-state index contributed by atoms with van der Waals surface area (Å²) in [6.45, 7) is 17.9. The molecule has 18 heteroatoms. The number of carbonyl (C=O) groups is 5. The fourth-order valence-electron chi connectivity index (χ4n) is 3.40. The van der Waals surface area contributed by atoms with Gasteiger partial charge in [-0.1, -0.05) is 0 Å². The number of hydrogen-bond acceptors (Lipinski definition) is 12. The number of nitrogens with zero attached hydrogens (tertiary/aromatic N) is 1. The predicted octanol–water partition coefficient (Wildman–Crippen LogP) is 3.24. The minimum atomic E-state index is -4.34. The first-order valence-corrected chi connectivity index (χ1v) is 16.7. The second-order valence-corrected chi connectivity index (χ2v) is 15.2. The van der Waals surface area contributed by atoms with Gasteiger partial charge in [-0.3, -0.25) is 0 Å². The standard InChI is InChI=1S/C28H54N5O12P/c1-13-41-46(39,42-14-2)20(21(35)40-12)31-19(34)18(30-23(36)43-26(3,4)5)16-15-17-29-22(32-24(37)44-27(6,7)8)33-25(38)45-28(9,10)11/h18,20,39,46H,13-17H2,1-12H3,(H,30,36)(H,31,34)(H2,29,32,33,37,38). The molecule has 0 aliphatic carbocycles. The number of methoxy groups -OCH3 is 1. The van der Waals surface area contributed by atoms with E-state index in [0.717, 1.165) is 7.11 Å². The Morgan fingerprint density at radius 1 is 0.783 bits per heavy atom. The second-order valence-electron chi connectivity index (χ2n) is 12.8. The SMILES string of the molecule is CCO[PH](O)(OCC)C(NC(=O)C(CCCN/C(=N/C(=O)OC(C)(C)C)NC(=O)OC(C)(C)C)NC(=O)OC(C)(C)C)C(=O)OC. The van der Waals surface area contributed by atoms with Gasteiger partial charge in [-0.15, -0.1) is 0 Å². The van der Waals surface area contributed by atoms with Crippen LogP contribution in [0.5, 0.6) is 0 Å². The summed E-state index contributed by atoms with van der Waals surface area (Å²) in [5, 5.41) is 9.98. The van der Waals surface area contributed by atoms with Crippen molar-refractivity contribution < 1.29 is 56.9 Å². The van der Waals surface area contributed by atoms with E-state index in [-0.39, 0.29) is 38.6 Å². The summed E-state index contributed by atoms with van der Waals surface area (Å²) in [6, 6.07) is -1.30. The van der Waals surface area contributed by atoms with Gasteiger partial charge >= 0.3 is 219 Å². The molecule has 0 heterocycles. The average Bonchev–Trinajstić information content (AvgIpc) is 2.85. The summed E-state index contributed by atoms with van der Waals surface area (Å²) in [5.74, 6) is -3.86. The number of carbonyl (C=O) groups excluding carboxylic acids is 5. The van der Waals surface area contributed by atoms with Gasteiger partial charge < -0.3 is 0 Å². The maximum absolute atomic E-state index is 13.4. The Morgan fingerprint density at radius 2 is 1.28 bits per heavy atom. The van der Waals surface area contributed by atoms with Crippen LogP contribution < -0.4 is 21.3 Å². The zero-order valence-corrected chi connectivity index (χ0v) is 30.1. The van der Waals surface area contributed by atoms with Crippen LogP contribution in [0.1, 0.15) is 89.0 Å². The van der Waals surface area contributed by atoms with Crippen molar-refractivity contribution in [2.45, 2.75) is 118 Å². The zero-order valence-electron chi connectivity index (χ0n) is 29.1. The Hall–Kier alpha value is -3.27. The van der Waals surface area contributed by atoms with Gasteiger partial charge in [0.2, 0.25) is 0 Å². The normalized spacial score (nSPS) is 14.2. The molecule has 0 saturated carbocycles. The van der Waals surface area contributed by atoms with Crippen LogP contribution in [0.3, 0.4) is 0 Å². The second kappa shape index (κ2) is 18.8. The van der Waals surface area contributed by atoms with E-state index in [9.17, 15) is 28.9 Å². The molecule has 0 radical (unpaired) electrons. The van der Waals surface area contributed by atoms with Crippen molar-refractivity contribution in [2.75, 3.05) is 26.9 Å².